The van der Waals surface area contributed by atoms with Crippen molar-refractivity contribution in [3.63, 3.8) is 0 Å². The molecular weight excluding hydrogens is 198 g/mol. The summed E-state index contributed by atoms with van der Waals surface area (Å²) < 4.78 is 0. The van der Waals surface area contributed by atoms with Crippen molar-refractivity contribution >= 4 is 0 Å². The van der Waals surface area contributed by atoms with E-state index in [0.717, 1.165) is 32.2 Å². The van der Waals surface area contributed by atoms with Gasteiger partial charge in [-0.05, 0) is 26.7 Å². The fourth-order valence-electron chi connectivity index (χ4n) is 2.52. The summed E-state index contributed by atoms with van der Waals surface area (Å²) in [6, 6.07) is 3.12. The summed E-state index contributed by atoms with van der Waals surface area (Å²) in [6.45, 7) is 12.8. The summed E-state index contributed by atoms with van der Waals surface area (Å²) in [5.74, 6) is 0. The molecule has 1 rings (SSSR count). The maximum absolute atomic E-state index is 9.11. The van der Waals surface area contributed by atoms with Crippen molar-refractivity contribution in [1.82, 2.24) is 9.80 Å². The molecule has 0 amide bonds. The number of hydrogen-bond donors (Lipinski definition) is 0. The first kappa shape index (κ1) is 13.5. The van der Waals surface area contributed by atoms with Crippen molar-refractivity contribution < 1.29 is 0 Å². The second kappa shape index (κ2) is 5.65. The van der Waals surface area contributed by atoms with Gasteiger partial charge in [-0.1, -0.05) is 13.8 Å². The van der Waals surface area contributed by atoms with Gasteiger partial charge in [0.05, 0.1) is 6.07 Å². The zero-order chi connectivity index (χ0) is 12.2. The zero-order valence-electron chi connectivity index (χ0n) is 11.2. The number of piperazine rings is 1. The normalized spacial score (nSPS) is 20.0. The topological polar surface area (TPSA) is 30.3 Å². The average molecular weight is 223 g/mol. The van der Waals surface area contributed by atoms with Gasteiger partial charge in [0.1, 0.15) is 5.54 Å². The second-order valence-electron chi connectivity index (χ2n) is 5.16. The van der Waals surface area contributed by atoms with E-state index in [-0.39, 0.29) is 5.54 Å². The van der Waals surface area contributed by atoms with E-state index in [9.17, 15) is 0 Å². The van der Waals surface area contributed by atoms with E-state index in [1.54, 1.807) is 0 Å². The molecule has 16 heavy (non-hydrogen) atoms. The summed E-state index contributed by atoms with van der Waals surface area (Å²) in [5, 5.41) is 9.11. The van der Waals surface area contributed by atoms with Crippen LogP contribution in [0.4, 0.5) is 0 Å². The lowest BCUT2D eigenvalue weighted by atomic mass is 10.0. The Bertz CT molecular complexity index is 242. The van der Waals surface area contributed by atoms with Crippen LogP contribution in [0.3, 0.4) is 0 Å². The predicted octanol–water partition coefficient (Wildman–Crippen LogP) is 2.09. The van der Waals surface area contributed by atoms with E-state index in [1.165, 1.54) is 12.8 Å². The van der Waals surface area contributed by atoms with Gasteiger partial charge in [-0.25, -0.2) is 0 Å². The Balaban J connectivity index is 2.49. The van der Waals surface area contributed by atoms with E-state index in [1.807, 2.05) is 13.8 Å². The van der Waals surface area contributed by atoms with Gasteiger partial charge in [-0.2, -0.15) is 5.26 Å². The van der Waals surface area contributed by atoms with Crippen LogP contribution < -0.4 is 0 Å². The van der Waals surface area contributed by atoms with Gasteiger partial charge in [0.15, 0.2) is 0 Å². The van der Waals surface area contributed by atoms with E-state index in [4.69, 9.17) is 5.26 Å². The van der Waals surface area contributed by atoms with Crippen LogP contribution in [0, 0.1) is 11.3 Å². The molecule has 1 saturated heterocycles. The first-order valence-corrected chi connectivity index (χ1v) is 6.45. The van der Waals surface area contributed by atoms with Gasteiger partial charge in [-0.15, -0.1) is 0 Å². The van der Waals surface area contributed by atoms with Gasteiger partial charge in [-0.3, -0.25) is 9.80 Å². The highest BCUT2D eigenvalue weighted by atomic mass is 15.3. The van der Waals surface area contributed by atoms with Crippen LogP contribution >= 0.6 is 0 Å². The Morgan fingerprint density at radius 1 is 1.12 bits per heavy atom. The summed E-state index contributed by atoms with van der Waals surface area (Å²) in [5.41, 5.74) is -0.306. The number of nitriles is 1. The SMILES string of the molecule is CCC(CC)N1CCN(C(C)(C)C#N)CC1. The lowest BCUT2D eigenvalue weighted by Gasteiger charge is -2.43. The molecule has 0 N–H and O–H groups in total. The van der Waals surface area contributed by atoms with E-state index in [0.29, 0.717) is 0 Å². The molecule has 1 aliphatic rings. The van der Waals surface area contributed by atoms with Gasteiger partial charge < -0.3 is 0 Å². The molecule has 1 aliphatic heterocycles. The van der Waals surface area contributed by atoms with Crippen molar-refractivity contribution in [2.75, 3.05) is 26.2 Å². The first-order valence-electron chi connectivity index (χ1n) is 6.45. The maximum atomic E-state index is 9.11. The third-order valence-electron chi connectivity index (χ3n) is 3.84. The summed E-state index contributed by atoms with van der Waals surface area (Å²) >= 11 is 0. The Morgan fingerprint density at radius 3 is 2.00 bits per heavy atom. The van der Waals surface area contributed by atoms with Crippen LogP contribution in [-0.4, -0.2) is 47.6 Å². The molecule has 0 radical (unpaired) electrons. The highest BCUT2D eigenvalue weighted by Crippen LogP contribution is 2.18. The van der Waals surface area contributed by atoms with E-state index >= 15 is 0 Å². The van der Waals surface area contributed by atoms with Crippen LogP contribution in [0.5, 0.6) is 0 Å². The second-order valence-corrected chi connectivity index (χ2v) is 5.16. The predicted molar refractivity (Wildman–Crippen MR) is 67.2 cm³/mol. The fourth-order valence-corrected chi connectivity index (χ4v) is 2.52. The number of hydrogen-bond acceptors (Lipinski definition) is 3. The Morgan fingerprint density at radius 2 is 1.62 bits per heavy atom. The van der Waals surface area contributed by atoms with Gasteiger partial charge in [0, 0.05) is 32.2 Å². The molecule has 0 saturated carbocycles. The quantitative estimate of drug-likeness (QED) is 0.731. The monoisotopic (exact) mass is 223 g/mol. The van der Waals surface area contributed by atoms with Gasteiger partial charge in [0.25, 0.3) is 0 Å². The highest BCUT2D eigenvalue weighted by Gasteiger charge is 2.30. The third kappa shape index (κ3) is 2.96. The van der Waals surface area contributed by atoms with Crippen molar-refractivity contribution in [3.8, 4) is 6.07 Å². The molecule has 0 aromatic carbocycles. The molecule has 1 fully saturated rings. The molecule has 0 unspecified atom stereocenters. The van der Waals surface area contributed by atoms with Crippen LogP contribution in [0.2, 0.25) is 0 Å². The molecule has 1 heterocycles. The van der Waals surface area contributed by atoms with Gasteiger partial charge >= 0.3 is 0 Å². The highest BCUT2D eigenvalue weighted by molar-refractivity contribution is 5.03. The average Bonchev–Trinajstić information content (AvgIpc) is 2.31. The lowest BCUT2D eigenvalue weighted by Crippen LogP contribution is -2.56. The molecule has 0 aromatic heterocycles. The van der Waals surface area contributed by atoms with E-state index < -0.39 is 0 Å². The minimum Gasteiger partial charge on any atom is -0.298 e. The molecule has 0 atom stereocenters. The molecule has 0 spiro atoms. The van der Waals surface area contributed by atoms with Crippen molar-refractivity contribution in [3.05, 3.63) is 0 Å². The zero-order valence-corrected chi connectivity index (χ0v) is 11.2. The van der Waals surface area contributed by atoms with Crippen molar-refractivity contribution in [2.45, 2.75) is 52.1 Å². The molecule has 3 heteroatoms. The van der Waals surface area contributed by atoms with Crippen LogP contribution in [0.1, 0.15) is 40.5 Å². The molecule has 0 aliphatic carbocycles. The Labute approximate surface area is 100 Å². The first-order chi connectivity index (χ1) is 7.55. The largest absolute Gasteiger partial charge is 0.298 e. The minimum absolute atomic E-state index is 0.306. The van der Waals surface area contributed by atoms with Crippen LogP contribution in [-0.2, 0) is 0 Å². The Hall–Kier alpha value is -0.590. The lowest BCUT2D eigenvalue weighted by molar-refractivity contribution is 0.0540. The summed E-state index contributed by atoms with van der Waals surface area (Å²) in [6.07, 6.45) is 2.47. The number of rotatable bonds is 4. The fraction of sp³-hybridized carbons (Fsp3) is 0.923. The van der Waals surface area contributed by atoms with Crippen LogP contribution in [0.25, 0.3) is 0 Å². The van der Waals surface area contributed by atoms with Crippen LogP contribution in [0.15, 0.2) is 0 Å². The smallest absolute Gasteiger partial charge is 0.103 e. The van der Waals surface area contributed by atoms with Gasteiger partial charge in [0.2, 0.25) is 0 Å². The standard InChI is InChI=1S/C13H25N3/c1-5-12(6-2)15-7-9-16(10-8-15)13(3,4)11-14/h12H,5-10H2,1-4H3. The third-order valence-corrected chi connectivity index (χ3v) is 3.84. The Kier molecular flexibility index (Phi) is 4.76. The summed E-state index contributed by atoms with van der Waals surface area (Å²) in [4.78, 5) is 4.87. The van der Waals surface area contributed by atoms with Crippen molar-refractivity contribution in [1.29, 1.82) is 5.26 Å². The molecule has 92 valence electrons. The van der Waals surface area contributed by atoms with E-state index in [2.05, 4.69) is 29.7 Å². The van der Waals surface area contributed by atoms with Crippen molar-refractivity contribution in [2.24, 2.45) is 0 Å². The minimum atomic E-state index is -0.306. The molecule has 3 nitrogen and oxygen atoms in total. The number of nitrogens with zero attached hydrogens (tertiary/aromatic N) is 3. The summed E-state index contributed by atoms with van der Waals surface area (Å²) in [7, 11) is 0. The molecular formula is C13H25N3. The maximum Gasteiger partial charge on any atom is 0.103 e. The molecule has 0 aromatic rings. The molecule has 0 bridgehead atoms.